The number of furan rings is 1. The molecule has 0 aliphatic heterocycles. The summed E-state index contributed by atoms with van der Waals surface area (Å²) >= 11 is 0. The van der Waals surface area contributed by atoms with E-state index in [9.17, 15) is 29.8 Å². The zero-order valence-corrected chi connectivity index (χ0v) is 19.1. The summed E-state index contributed by atoms with van der Waals surface area (Å²) in [5.74, 6) is -2.52. The second-order valence-electron chi connectivity index (χ2n) is 7.30. The molecule has 0 fully saturated rings. The third kappa shape index (κ3) is 4.86. The number of ether oxygens (including phenoxy) is 2. The highest BCUT2D eigenvalue weighted by Crippen LogP contribution is 2.26. The zero-order chi connectivity index (χ0) is 25.9. The van der Waals surface area contributed by atoms with Gasteiger partial charge in [0.2, 0.25) is 5.78 Å². The fourth-order valence-corrected chi connectivity index (χ4v) is 3.56. The molecule has 0 amide bonds. The Morgan fingerprint density at radius 3 is 2.14 bits per heavy atom. The molecule has 2 heterocycles. The van der Waals surface area contributed by atoms with E-state index in [1.807, 2.05) is 0 Å². The number of methoxy groups -OCH3 is 2. The van der Waals surface area contributed by atoms with Crippen LogP contribution in [0.5, 0.6) is 0 Å². The summed E-state index contributed by atoms with van der Waals surface area (Å²) in [5.41, 5.74) is 1.48. The highest BCUT2D eigenvalue weighted by Gasteiger charge is 2.23. The van der Waals surface area contributed by atoms with Crippen LogP contribution >= 0.6 is 0 Å². The topological polar surface area (TPSA) is 155 Å². The number of allylic oxidation sites excluding steroid dienone is 1. The fraction of sp³-hybridized carbons (Fsp3) is 0.167. The molecule has 0 aliphatic carbocycles. The van der Waals surface area contributed by atoms with Crippen molar-refractivity contribution < 1.29 is 33.2 Å². The first-order valence-electron chi connectivity index (χ1n) is 10.0. The molecule has 11 nitrogen and oxygen atoms in total. The number of Topliss-reactive ketones (excluding diaryl/α,β-unsaturated/α-hetero) is 1. The van der Waals surface area contributed by atoms with Crippen molar-refractivity contribution >= 4 is 29.7 Å². The van der Waals surface area contributed by atoms with Crippen molar-refractivity contribution in [3.63, 3.8) is 0 Å². The Bertz CT molecular complexity index is 1400. The molecule has 0 spiro atoms. The lowest BCUT2D eigenvalue weighted by molar-refractivity contribution is -0.402. The van der Waals surface area contributed by atoms with Crippen molar-refractivity contribution in [2.45, 2.75) is 13.8 Å². The number of nitriles is 1. The van der Waals surface area contributed by atoms with Crippen LogP contribution in [0, 0.1) is 35.3 Å². The number of rotatable bonds is 7. The summed E-state index contributed by atoms with van der Waals surface area (Å²) in [6, 6.07) is 10.1. The number of hydrogen-bond acceptors (Lipinski definition) is 9. The molecule has 3 rings (SSSR count). The Kier molecular flexibility index (Phi) is 6.96. The van der Waals surface area contributed by atoms with E-state index in [0.29, 0.717) is 17.1 Å². The lowest BCUT2D eigenvalue weighted by Crippen LogP contribution is -2.10. The number of aryl methyl sites for hydroxylation is 1. The van der Waals surface area contributed by atoms with Gasteiger partial charge in [0, 0.05) is 28.7 Å². The van der Waals surface area contributed by atoms with Gasteiger partial charge < -0.3 is 18.5 Å². The third-order valence-corrected chi connectivity index (χ3v) is 5.14. The standard InChI is InChI=1S/C24H19N3O8/c1-13-7-20(22(28)17(12-25)11-19-5-6-21(35-19)27(31)32)14(2)26(13)18-9-15(23(29)33-3)8-16(10-18)24(30)34-4/h5-11H,1-4H3. The molecule has 0 unspecified atom stereocenters. The number of nitro groups is 1. The minimum atomic E-state index is -0.732. The monoisotopic (exact) mass is 477 g/mol. The number of aromatic nitrogens is 1. The summed E-state index contributed by atoms with van der Waals surface area (Å²) in [6.07, 6.45) is 1.12. The Labute approximate surface area is 198 Å². The van der Waals surface area contributed by atoms with E-state index >= 15 is 0 Å². The Hall–Kier alpha value is -4.98. The van der Waals surface area contributed by atoms with E-state index in [4.69, 9.17) is 13.9 Å². The van der Waals surface area contributed by atoms with Crippen LogP contribution in [0.1, 0.15) is 48.2 Å². The average molecular weight is 477 g/mol. The lowest BCUT2D eigenvalue weighted by Gasteiger charge is -2.13. The van der Waals surface area contributed by atoms with Gasteiger partial charge in [-0.3, -0.25) is 14.9 Å². The molecule has 3 aromatic rings. The van der Waals surface area contributed by atoms with Crippen LogP contribution in [0.3, 0.4) is 0 Å². The van der Waals surface area contributed by atoms with Gasteiger partial charge in [0.15, 0.2) is 0 Å². The summed E-state index contributed by atoms with van der Waals surface area (Å²) in [4.78, 5) is 47.5. The molecule has 2 aromatic heterocycles. The highest BCUT2D eigenvalue weighted by molar-refractivity contribution is 6.14. The van der Waals surface area contributed by atoms with Crippen LogP contribution in [0.4, 0.5) is 5.88 Å². The molecule has 0 atom stereocenters. The molecule has 0 radical (unpaired) electrons. The second kappa shape index (κ2) is 9.88. The minimum Gasteiger partial charge on any atom is -0.465 e. The number of nitrogens with zero attached hydrogens (tertiary/aromatic N) is 3. The van der Waals surface area contributed by atoms with Crippen molar-refractivity contribution in [1.29, 1.82) is 5.26 Å². The van der Waals surface area contributed by atoms with Crippen LogP contribution < -0.4 is 0 Å². The summed E-state index contributed by atoms with van der Waals surface area (Å²) in [6.45, 7) is 3.34. The van der Waals surface area contributed by atoms with Crippen molar-refractivity contribution in [1.82, 2.24) is 4.57 Å². The van der Waals surface area contributed by atoms with Gasteiger partial charge in [-0.2, -0.15) is 5.26 Å². The zero-order valence-electron chi connectivity index (χ0n) is 19.1. The predicted molar refractivity (Wildman–Crippen MR) is 121 cm³/mol. The lowest BCUT2D eigenvalue weighted by atomic mass is 10.0. The van der Waals surface area contributed by atoms with Gasteiger partial charge in [0.05, 0.1) is 31.4 Å². The second-order valence-corrected chi connectivity index (χ2v) is 7.30. The molecule has 0 aliphatic rings. The first-order valence-corrected chi connectivity index (χ1v) is 10.0. The van der Waals surface area contributed by atoms with Gasteiger partial charge in [-0.1, -0.05) is 0 Å². The van der Waals surface area contributed by atoms with E-state index in [2.05, 4.69) is 0 Å². The third-order valence-electron chi connectivity index (χ3n) is 5.14. The van der Waals surface area contributed by atoms with Crippen LogP contribution in [0.2, 0.25) is 0 Å². The quantitative estimate of drug-likeness (QED) is 0.123. The number of esters is 2. The number of carbonyl (C=O) groups excluding carboxylic acids is 3. The van der Waals surface area contributed by atoms with Gasteiger partial charge in [-0.15, -0.1) is 0 Å². The van der Waals surface area contributed by atoms with Crippen molar-refractivity contribution in [3.05, 3.63) is 85.9 Å². The normalized spacial score (nSPS) is 11.0. The number of carbonyl (C=O) groups is 3. The van der Waals surface area contributed by atoms with Crippen molar-refractivity contribution in [2.75, 3.05) is 14.2 Å². The van der Waals surface area contributed by atoms with E-state index in [1.165, 1.54) is 38.5 Å². The van der Waals surface area contributed by atoms with Gasteiger partial charge in [-0.05, 0) is 44.2 Å². The van der Waals surface area contributed by atoms with Crippen molar-refractivity contribution in [2.24, 2.45) is 0 Å². The van der Waals surface area contributed by atoms with Gasteiger partial charge in [0.25, 0.3) is 0 Å². The van der Waals surface area contributed by atoms with Gasteiger partial charge in [0.1, 0.15) is 22.3 Å². The van der Waals surface area contributed by atoms with Crippen LogP contribution in [-0.4, -0.2) is 41.4 Å². The fourth-order valence-electron chi connectivity index (χ4n) is 3.56. The Morgan fingerprint density at radius 1 is 1.06 bits per heavy atom. The first kappa shape index (κ1) is 24.7. The maximum atomic E-state index is 13.2. The molecule has 0 saturated carbocycles. The van der Waals surface area contributed by atoms with E-state index in [0.717, 1.165) is 12.1 Å². The minimum absolute atomic E-state index is 0.0242. The molecular formula is C24H19N3O8. The number of hydrogen-bond donors (Lipinski definition) is 0. The average Bonchev–Trinajstić information content (AvgIpc) is 3.44. The molecule has 35 heavy (non-hydrogen) atoms. The molecule has 0 N–H and O–H groups in total. The van der Waals surface area contributed by atoms with Gasteiger partial charge >= 0.3 is 17.8 Å². The molecule has 0 saturated heterocycles. The largest absolute Gasteiger partial charge is 0.465 e. The maximum absolute atomic E-state index is 13.2. The Balaban J connectivity index is 2.10. The first-order chi connectivity index (χ1) is 16.6. The van der Waals surface area contributed by atoms with Crippen LogP contribution in [0.15, 0.2) is 46.4 Å². The summed E-state index contributed by atoms with van der Waals surface area (Å²) in [5, 5.41) is 20.4. The van der Waals surface area contributed by atoms with Crippen LogP contribution in [0.25, 0.3) is 11.8 Å². The van der Waals surface area contributed by atoms with Crippen LogP contribution in [-0.2, 0) is 9.47 Å². The molecule has 1 aromatic carbocycles. The van der Waals surface area contributed by atoms with E-state index in [1.54, 1.807) is 30.6 Å². The smallest absolute Gasteiger partial charge is 0.433 e. The van der Waals surface area contributed by atoms with Crippen molar-refractivity contribution in [3.8, 4) is 11.8 Å². The van der Waals surface area contributed by atoms with Gasteiger partial charge in [-0.25, -0.2) is 9.59 Å². The molecule has 178 valence electrons. The maximum Gasteiger partial charge on any atom is 0.433 e. The summed E-state index contributed by atoms with van der Waals surface area (Å²) < 4.78 is 16.2. The predicted octanol–water partition coefficient (Wildman–Crippen LogP) is 3.96. The van der Waals surface area contributed by atoms with E-state index < -0.39 is 28.5 Å². The number of benzene rings is 1. The summed E-state index contributed by atoms with van der Waals surface area (Å²) in [7, 11) is 2.41. The van der Waals surface area contributed by atoms with E-state index in [-0.39, 0.29) is 28.0 Å². The SMILES string of the molecule is COC(=O)c1cc(C(=O)OC)cc(-n2c(C)cc(C(=O)C(C#N)=Cc3ccc([N+](=O)[O-])o3)c2C)c1. The Morgan fingerprint density at radius 2 is 1.66 bits per heavy atom. The molecular weight excluding hydrogens is 458 g/mol. The molecule has 0 bridgehead atoms. The molecule has 11 heteroatoms. The highest BCUT2D eigenvalue weighted by atomic mass is 16.6. The number of ketones is 1.